The lowest BCUT2D eigenvalue weighted by atomic mass is 10.0. The van der Waals surface area contributed by atoms with E-state index in [0.717, 1.165) is 63.7 Å². The summed E-state index contributed by atoms with van der Waals surface area (Å²) in [5, 5.41) is 0. The topological polar surface area (TPSA) is 78.9 Å². The molecule has 0 aliphatic rings. The maximum Gasteiger partial charge on any atom is 0.306 e. The molecule has 0 fully saturated rings. The molecule has 0 spiro atoms. The van der Waals surface area contributed by atoms with E-state index in [1.807, 2.05) is 0 Å². The second-order valence-corrected chi connectivity index (χ2v) is 17.9. The summed E-state index contributed by atoms with van der Waals surface area (Å²) in [4.78, 5) is 37.8. The van der Waals surface area contributed by atoms with Gasteiger partial charge in [0.25, 0.3) is 0 Å². The second kappa shape index (κ2) is 45.5. The lowest BCUT2D eigenvalue weighted by molar-refractivity contribution is -0.167. The molecular formula is C51H98O6. The molecule has 0 radical (unpaired) electrons. The lowest BCUT2D eigenvalue weighted by Crippen LogP contribution is -2.30. The van der Waals surface area contributed by atoms with Gasteiger partial charge in [0.05, 0.1) is 0 Å². The van der Waals surface area contributed by atoms with Crippen LogP contribution in [0.15, 0.2) is 0 Å². The summed E-state index contributed by atoms with van der Waals surface area (Å²) in [5.41, 5.74) is 0. The maximum atomic E-state index is 12.7. The standard InChI is InChI=1S/C51H98O6/c1-5-7-9-11-13-15-16-17-18-19-20-21-22-23-24-26-31-35-39-43-50(53)56-46-48(45-55-49(52)42-38-34-30-25-14-12-10-8-6-2)57-51(54)44-40-36-32-28-27-29-33-37-41-47(3)4/h47-48H,5-46H2,1-4H3/t48-/m0/s1. The van der Waals surface area contributed by atoms with Crippen LogP contribution in [-0.4, -0.2) is 37.2 Å². The number of hydrogen-bond acceptors (Lipinski definition) is 6. The van der Waals surface area contributed by atoms with Gasteiger partial charge in [0.15, 0.2) is 6.10 Å². The Morgan fingerprint density at radius 2 is 0.579 bits per heavy atom. The molecule has 338 valence electrons. The highest BCUT2D eigenvalue weighted by atomic mass is 16.6. The largest absolute Gasteiger partial charge is 0.462 e. The fourth-order valence-electron chi connectivity index (χ4n) is 7.69. The first-order valence-corrected chi connectivity index (χ1v) is 25.4. The normalized spacial score (nSPS) is 11.9. The van der Waals surface area contributed by atoms with E-state index >= 15 is 0 Å². The summed E-state index contributed by atoms with van der Waals surface area (Å²) >= 11 is 0. The molecule has 0 bridgehead atoms. The summed E-state index contributed by atoms with van der Waals surface area (Å²) < 4.78 is 16.7. The Bertz CT molecular complexity index is 857. The number of rotatable bonds is 46. The van der Waals surface area contributed by atoms with Gasteiger partial charge in [-0.1, -0.05) is 246 Å². The number of unbranched alkanes of at least 4 members (excludes halogenated alkanes) is 33. The number of esters is 3. The summed E-state index contributed by atoms with van der Waals surface area (Å²) in [5.74, 6) is -0.0587. The van der Waals surface area contributed by atoms with Crippen LogP contribution in [0.25, 0.3) is 0 Å². The molecule has 0 saturated carbocycles. The van der Waals surface area contributed by atoms with Crippen LogP contribution in [0.5, 0.6) is 0 Å². The second-order valence-electron chi connectivity index (χ2n) is 17.9. The molecule has 0 unspecified atom stereocenters. The fourth-order valence-corrected chi connectivity index (χ4v) is 7.69. The molecule has 0 amide bonds. The number of carbonyl (C=O) groups excluding carboxylic acids is 3. The van der Waals surface area contributed by atoms with Crippen molar-refractivity contribution in [3.05, 3.63) is 0 Å². The van der Waals surface area contributed by atoms with Crippen molar-refractivity contribution in [2.24, 2.45) is 5.92 Å². The molecule has 0 aromatic rings. The van der Waals surface area contributed by atoms with Gasteiger partial charge < -0.3 is 14.2 Å². The first kappa shape index (κ1) is 55.4. The fraction of sp³-hybridized carbons (Fsp3) is 0.941. The van der Waals surface area contributed by atoms with E-state index in [2.05, 4.69) is 27.7 Å². The van der Waals surface area contributed by atoms with Crippen LogP contribution >= 0.6 is 0 Å². The zero-order chi connectivity index (χ0) is 41.7. The summed E-state index contributed by atoms with van der Waals surface area (Å²) in [7, 11) is 0. The average Bonchev–Trinajstić information content (AvgIpc) is 3.19. The molecule has 0 aromatic heterocycles. The third kappa shape index (κ3) is 45.3. The van der Waals surface area contributed by atoms with Gasteiger partial charge in [-0.05, 0) is 25.2 Å². The molecule has 57 heavy (non-hydrogen) atoms. The van der Waals surface area contributed by atoms with Crippen molar-refractivity contribution in [2.45, 2.75) is 291 Å². The van der Waals surface area contributed by atoms with E-state index in [-0.39, 0.29) is 31.1 Å². The van der Waals surface area contributed by atoms with Crippen LogP contribution in [-0.2, 0) is 28.6 Å². The minimum Gasteiger partial charge on any atom is -0.462 e. The average molecular weight is 807 g/mol. The van der Waals surface area contributed by atoms with Gasteiger partial charge >= 0.3 is 17.9 Å². The van der Waals surface area contributed by atoms with Crippen molar-refractivity contribution in [3.8, 4) is 0 Å². The Hall–Kier alpha value is -1.59. The zero-order valence-electron chi connectivity index (χ0n) is 38.8. The van der Waals surface area contributed by atoms with E-state index in [1.165, 1.54) is 180 Å². The Labute approximate surface area is 355 Å². The van der Waals surface area contributed by atoms with Gasteiger partial charge in [-0.2, -0.15) is 0 Å². The third-order valence-electron chi connectivity index (χ3n) is 11.5. The molecule has 0 aromatic carbocycles. The minimum atomic E-state index is -0.760. The predicted octanol–water partition coefficient (Wildman–Crippen LogP) is 16.3. The first-order valence-electron chi connectivity index (χ1n) is 25.4. The van der Waals surface area contributed by atoms with Crippen molar-refractivity contribution >= 4 is 17.9 Å². The monoisotopic (exact) mass is 807 g/mol. The van der Waals surface area contributed by atoms with Crippen LogP contribution in [0.3, 0.4) is 0 Å². The molecule has 0 aliphatic carbocycles. The Kier molecular flexibility index (Phi) is 44.2. The smallest absolute Gasteiger partial charge is 0.306 e. The Morgan fingerprint density at radius 3 is 0.860 bits per heavy atom. The molecule has 0 saturated heterocycles. The van der Waals surface area contributed by atoms with Crippen LogP contribution in [0.4, 0.5) is 0 Å². The molecule has 0 rings (SSSR count). The third-order valence-corrected chi connectivity index (χ3v) is 11.5. The van der Waals surface area contributed by atoms with Gasteiger partial charge in [0.2, 0.25) is 0 Å². The van der Waals surface area contributed by atoms with Crippen molar-refractivity contribution < 1.29 is 28.6 Å². The van der Waals surface area contributed by atoms with Crippen LogP contribution in [0.2, 0.25) is 0 Å². The summed E-state index contributed by atoms with van der Waals surface area (Å²) in [6.45, 7) is 8.97. The zero-order valence-corrected chi connectivity index (χ0v) is 38.8. The highest BCUT2D eigenvalue weighted by Crippen LogP contribution is 2.17. The Morgan fingerprint density at radius 1 is 0.333 bits per heavy atom. The molecule has 0 N–H and O–H groups in total. The van der Waals surface area contributed by atoms with Crippen LogP contribution < -0.4 is 0 Å². The highest BCUT2D eigenvalue weighted by Gasteiger charge is 2.19. The van der Waals surface area contributed by atoms with Crippen molar-refractivity contribution in [2.75, 3.05) is 13.2 Å². The van der Waals surface area contributed by atoms with Gasteiger partial charge in [-0.3, -0.25) is 14.4 Å². The van der Waals surface area contributed by atoms with E-state index in [9.17, 15) is 14.4 Å². The van der Waals surface area contributed by atoms with Crippen molar-refractivity contribution in [3.63, 3.8) is 0 Å². The Balaban J connectivity index is 4.20. The van der Waals surface area contributed by atoms with Gasteiger partial charge in [-0.25, -0.2) is 0 Å². The van der Waals surface area contributed by atoms with Crippen molar-refractivity contribution in [1.29, 1.82) is 0 Å². The van der Waals surface area contributed by atoms with Gasteiger partial charge in [-0.15, -0.1) is 0 Å². The van der Waals surface area contributed by atoms with Crippen LogP contribution in [0, 0.1) is 5.92 Å². The van der Waals surface area contributed by atoms with E-state index in [4.69, 9.17) is 14.2 Å². The number of ether oxygens (including phenoxy) is 3. The van der Waals surface area contributed by atoms with Gasteiger partial charge in [0.1, 0.15) is 13.2 Å². The number of hydrogen-bond donors (Lipinski definition) is 0. The molecule has 6 nitrogen and oxygen atoms in total. The SMILES string of the molecule is CCCCCCCCCCCCCCCCCCCCCC(=O)OC[C@H](COC(=O)CCCCCCCCCCC)OC(=O)CCCCCCCCCCC(C)C. The summed E-state index contributed by atoms with van der Waals surface area (Å²) in [6, 6.07) is 0. The van der Waals surface area contributed by atoms with Gasteiger partial charge in [0, 0.05) is 19.3 Å². The lowest BCUT2D eigenvalue weighted by Gasteiger charge is -2.18. The van der Waals surface area contributed by atoms with Crippen LogP contribution in [0.1, 0.15) is 285 Å². The molecule has 6 heteroatoms. The minimum absolute atomic E-state index is 0.0637. The highest BCUT2D eigenvalue weighted by molar-refractivity contribution is 5.71. The maximum absolute atomic E-state index is 12.7. The van der Waals surface area contributed by atoms with E-state index in [1.54, 1.807) is 0 Å². The molecule has 0 heterocycles. The molecule has 0 aliphatic heterocycles. The molecule has 1 atom stereocenters. The predicted molar refractivity (Wildman–Crippen MR) is 243 cm³/mol. The quantitative estimate of drug-likeness (QED) is 0.0346. The van der Waals surface area contributed by atoms with Crippen molar-refractivity contribution in [1.82, 2.24) is 0 Å². The summed E-state index contributed by atoms with van der Waals surface area (Å²) in [6.07, 6.45) is 46.7. The van der Waals surface area contributed by atoms with E-state index < -0.39 is 6.10 Å². The van der Waals surface area contributed by atoms with E-state index in [0.29, 0.717) is 19.3 Å². The number of carbonyl (C=O) groups is 3. The first-order chi connectivity index (χ1) is 27.9. The molecular weight excluding hydrogens is 709 g/mol.